The molecule has 24 heavy (non-hydrogen) atoms. The van der Waals surface area contributed by atoms with Crippen LogP contribution in [-0.4, -0.2) is 18.9 Å². The number of nitrogens with one attached hydrogen (secondary N) is 2. The van der Waals surface area contributed by atoms with Crippen molar-refractivity contribution in [2.45, 2.75) is 13.0 Å². The smallest absolute Gasteiger partial charge is 0.313 e. The lowest BCUT2D eigenvalue weighted by Crippen LogP contribution is -2.36. The Morgan fingerprint density at radius 1 is 1.12 bits per heavy atom. The number of halogens is 2. The van der Waals surface area contributed by atoms with E-state index >= 15 is 0 Å². The van der Waals surface area contributed by atoms with Crippen LogP contribution >= 0.6 is 11.6 Å². The van der Waals surface area contributed by atoms with Gasteiger partial charge in [0, 0.05) is 10.7 Å². The highest BCUT2D eigenvalue weighted by Crippen LogP contribution is 2.21. The summed E-state index contributed by atoms with van der Waals surface area (Å²) in [6.45, 7) is 1.65. The third-order valence-corrected chi connectivity index (χ3v) is 3.58. The van der Waals surface area contributed by atoms with Crippen LogP contribution in [0.3, 0.4) is 0 Å². The molecule has 0 aliphatic carbocycles. The Balaban J connectivity index is 1.98. The van der Waals surface area contributed by atoms with Crippen LogP contribution in [0.4, 0.5) is 10.1 Å². The second kappa shape index (κ2) is 7.79. The van der Waals surface area contributed by atoms with Crippen molar-refractivity contribution < 1.29 is 18.7 Å². The first-order chi connectivity index (χ1) is 11.4. The SMILES string of the molecule is COc1ccc([C@@H](C)NC(=O)C(=O)Nc2ccc(Cl)cc2)cc1F. The highest BCUT2D eigenvalue weighted by molar-refractivity contribution is 6.39. The van der Waals surface area contributed by atoms with Gasteiger partial charge in [-0.25, -0.2) is 4.39 Å². The van der Waals surface area contributed by atoms with Crippen LogP contribution in [-0.2, 0) is 9.59 Å². The van der Waals surface area contributed by atoms with E-state index in [1.165, 1.54) is 19.2 Å². The van der Waals surface area contributed by atoms with Crippen LogP contribution < -0.4 is 15.4 Å². The van der Waals surface area contributed by atoms with Gasteiger partial charge in [-0.1, -0.05) is 17.7 Å². The zero-order chi connectivity index (χ0) is 17.7. The molecule has 0 aliphatic heterocycles. The predicted octanol–water partition coefficient (Wildman–Crippen LogP) is 3.30. The van der Waals surface area contributed by atoms with Crippen molar-refractivity contribution in [1.82, 2.24) is 5.32 Å². The first-order valence-electron chi connectivity index (χ1n) is 7.11. The van der Waals surface area contributed by atoms with Crippen molar-refractivity contribution in [2.24, 2.45) is 0 Å². The Morgan fingerprint density at radius 3 is 2.38 bits per heavy atom. The van der Waals surface area contributed by atoms with Crippen LogP contribution in [0.2, 0.25) is 5.02 Å². The Kier molecular flexibility index (Phi) is 5.76. The summed E-state index contributed by atoms with van der Waals surface area (Å²) in [5, 5.41) is 5.48. The van der Waals surface area contributed by atoms with Crippen LogP contribution in [0.1, 0.15) is 18.5 Å². The van der Waals surface area contributed by atoms with Gasteiger partial charge >= 0.3 is 11.8 Å². The van der Waals surface area contributed by atoms with Gasteiger partial charge in [-0.15, -0.1) is 0 Å². The molecule has 0 fully saturated rings. The van der Waals surface area contributed by atoms with Gasteiger partial charge in [0.15, 0.2) is 11.6 Å². The van der Waals surface area contributed by atoms with Crippen LogP contribution in [0.25, 0.3) is 0 Å². The molecule has 0 saturated heterocycles. The molecular weight excluding hydrogens is 335 g/mol. The number of hydrogen-bond acceptors (Lipinski definition) is 3. The maximum Gasteiger partial charge on any atom is 0.313 e. The minimum Gasteiger partial charge on any atom is -0.494 e. The Morgan fingerprint density at radius 2 is 1.79 bits per heavy atom. The Hall–Kier alpha value is -2.60. The van der Waals surface area contributed by atoms with Crippen molar-refractivity contribution in [3.8, 4) is 5.75 Å². The fraction of sp³-hybridized carbons (Fsp3) is 0.176. The number of anilines is 1. The van der Waals surface area contributed by atoms with Gasteiger partial charge in [-0.05, 0) is 48.9 Å². The maximum atomic E-state index is 13.7. The first kappa shape index (κ1) is 17.7. The van der Waals surface area contributed by atoms with Crippen molar-refractivity contribution >= 4 is 29.1 Å². The average molecular weight is 351 g/mol. The lowest BCUT2D eigenvalue weighted by Gasteiger charge is -2.15. The number of benzene rings is 2. The average Bonchev–Trinajstić information content (AvgIpc) is 2.56. The van der Waals surface area contributed by atoms with Gasteiger partial charge in [-0.2, -0.15) is 0 Å². The van der Waals surface area contributed by atoms with Gasteiger partial charge in [0.25, 0.3) is 0 Å². The molecule has 2 rings (SSSR count). The number of carbonyl (C=O) groups is 2. The number of rotatable bonds is 4. The molecule has 7 heteroatoms. The zero-order valence-corrected chi connectivity index (χ0v) is 13.9. The molecule has 0 aliphatic rings. The van der Waals surface area contributed by atoms with E-state index in [1.54, 1.807) is 37.3 Å². The van der Waals surface area contributed by atoms with Crippen molar-refractivity contribution in [1.29, 1.82) is 0 Å². The van der Waals surface area contributed by atoms with Crippen molar-refractivity contribution in [3.05, 3.63) is 58.9 Å². The van der Waals surface area contributed by atoms with Crippen LogP contribution in [0.15, 0.2) is 42.5 Å². The second-order valence-corrected chi connectivity index (χ2v) is 5.49. The molecule has 0 bridgehead atoms. The molecule has 2 N–H and O–H groups in total. The van der Waals surface area contributed by atoms with Crippen LogP contribution in [0, 0.1) is 5.82 Å². The molecule has 2 aromatic rings. The van der Waals surface area contributed by atoms with Gasteiger partial charge in [0.2, 0.25) is 0 Å². The molecule has 2 amide bonds. The predicted molar refractivity (Wildman–Crippen MR) is 89.6 cm³/mol. The standard InChI is InChI=1S/C17H16ClFN2O3/c1-10(11-3-8-15(24-2)14(19)9-11)20-16(22)17(23)21-13-6-4-12(18)5-7-13/h3-10H,1-2H3,(H,20,22)(H,21,23)/t10-/m1/s1. The van der Waals surface area contributed by atoms with Gasteiger partial charge in [0.05, 0.1) is 13.2 Å². The highest BCUT2D eigenvalue weighted by atomic mass is 35.5. The topological polar surface area (TPSA) is 67.4 Å². The Bertz CT molecular complexity index is 750. The molecule has 0 heterocycles. The summed E-state index contributed by atoms with van der Waals surface area (Å²) in [5.74, 6) is -2.08. The number of methoxy groups -OCH3 is 1. The van der Waals surface area contributed by atoms with E-state index in [1.807, 2.05) is 0 Å². The number of amides is 2. The molecule has 0 saturated carbocycles. The minimum absolute atomic E-state index is 0.109. The van der Waals surface area contributed by atoms with Crippen LogP contribution in [0.5, 0.6) is 5.75 Å². The molecular formula is C17H16ClFN2O3. The summed E-state index contributed by atoms with van der Waals surface area (Å²) in [6, 6.07) is 10.1. The minimum atomic E-state index is -0.825. The van der Waals surface area contributed by atoms with E-state index in [4.69, 9.17) is 16.3 Å². The van der Waals surface area contributed by atoms with E-state index in [9.17, 15) is 14.0 Å². The summed E-state index contributed by atoms with van der Waals surface area (Å²) in [6.07, 6.45) is 0. The van der Waals surface area contributed by atoms with Crippen molar-refractivity contribution in [2.75, 3.05) is 12.4 Å². The first-order valence-corrected chi connectivity index (χ1v) is 7.49. The van der Waals surface area contributed by atoms with Crippen molar-refractivity contribution in [3.63, 3.8) is 0 Å². The summed E-state index contributed by atoms with van der Waals surface area (Å²) in [4.78, 5) is 23.8. The largest absolute Gasteiger partial charge is 0.494 e. The molecule has 0 aromatic heterocycles. The number of hydrogen-bond donors (Lipinski definition) is 2. The maximum absolute atomic E-state index is 13.7. The normalized spacial score (nSPS) is 11.5. The van der Waals surface area contributed by atoms with E-state index in [0.29, 0.717) is 16.3 Å². The third-order valence-electron chi connectivity index (χ3n) is 3.33. The lowest BCUT2D eigenvalue weighted by molar-refractivity contribution is -0.136. The fourth-order valence-electron chi connectivity index (χ4n) is 2.02. The summed E-state index contributed by atoms with van der Waals surface area (Å²) in [7, 11) is 1.37. The van der Waals surface area contributed by atoms with Gasteiger partial charge in [0.1, 0.15) is 0 Å². The molecule has 126 valence electrons. The summed E-state index contributed by atoms with van der Waals surface area (Å²) < 4.78 is 18.5. The molecule has 2 aromatic carbocycles. The molecule has 0 spiro atoms. The lowest BCUT2D eigenvalue weighted by atomic mass is 10.1. The van der Waals surface area contributed by atoms with E-state index in [-0.39, 0.29) is 5.75 Å². The molecule has 5 nitrogen and oxygen atoms in total. The molecule has 1 atom stereocenters. The number of carbonyl (C=O) groups excluding carboxylic acids is 2. The van der Waals surface area contributed by atoms with Gasteiger partial charge in [-0.3, -0.25) is 9.59 Å². The Labute approximate surface area is 143 Å². The molecule has 0 radical (unpaired) electrons. The summed E-state index contributed by atoms with van der Waals surface area (Å²) in [5.41, 5.74) is 0.962. The highest BCUT2D eigenvalue weighted by Gasteiger charge is 2.18. The van der Waals surface area contributed by atoms with Gasteiger partial charge < -0.3 is 15.4 Å². The van der Waals surface area contributed by atoms with E-state index in [0.717, 1.165) is 0 Å². The quantitative estimate of drug-likeness (QED) is 0.831. The fourth-order valence-corrected chi connectivity index (χ4v) is 2.14. The monoisotopic (exact) mass is 350 g/mol. The zero-order valence-electron chi connectivity index (χ0n) is 13.1. The molecule has 0 unspecified atom stereocenters. The van der Waals surface area contributed by atoms with E-state index in [2.05, 4.69) is 10.6 Å². The third kappa shape index (κ3) is 4.45. The number of ether oxygens (including phenoxy) is 1. The second-order valence-electron chi connectivity index (χ2n) is 5.05. The summed E-state index contributed by atoms with van der Waals surface area (Å²) >= 11 is 5.75. The van der Waals surface area contributed by atoms with E-state index < -0.39 is 23.7 Å².